The van der Waals surface area contributed by atoms with Crippen LogP contribution in [0.3, 0.4) is 0 Å². The first-order valence-corrected chi connectivity index (χ1v) is 10.2. The molecule has 0 saturated heterocycles. The van der Waals surface area contributed by atoms with Crippen LogP contribution in [0.15, 0.2) is 59.2 Å². The minimum Gasteiger partial charge on any atom is -0.356 e. The highest BCUT2D eigenvalue weighted by Gasteiger charge is 2.12. The van der Waals surface area contributed by atoms with E-state index in [1.54, 1.807) is 10.7 Å². The third kappa shape index (κ3) is 5.45. The van der Waals surface area contributed by atoms with E-state index in [4.69, 9.17) is 35.4 Å². The number of rotatable bonds is 5. The van der Waals surface area contributed by atoms with Crippen LogP contribution >= 0.6 is 51.3 Å². The van der Waals surface area contributed by atoms with E-state index >= 15 is 0 Å². The van der Waals surface area contributed by atoms with Gasteiger partial charge in [0.05, 0.1) is 17.1 Å². The number of thiocarbonyl (C=S) groups is 1. The number of aromatic nitrogens is 2. The Balaban J connectivity index is 1.65. The van der Waals surface area contributed by atoms with E-state index in [1.807, 2.05) is 36.5 Å². The van der Waals surface area contributed by atoms with Crippen LogP contribution in [-0.4, -0.2) is 14.9 Å². The van der Waals surface area contributed by atoms with Gasteiger partial charge in [0.1, 0.15) is 0 Å². The molecule has 0 fully saturated rings. The van der Waals surface area contributed by atoms with E-state index in [0.29, 0.717) is 27.5 Å². The van der Waals surface area contributed by atoms with Gasteiger partial charge in [-0.3, -0.25) is 4.68 Å². The molecule has 1 heterocycles. The van der Waals surface area contributed by atoms with Crippen LogP contribution in [0.2, 0.25) is 10.0 Å². The summed E-state index contributed by atoms with van der Waals surface area (Å²) in [5.41, 5.74) is 2.09. The molecule has 0 amide bonds. The lowest BCUT2D eigenvalue weighted by Gasteiger charge is -2.16. The van der Waals surface area contributed by atoms with Crippen LogP contribution in [0.1, 0.15) is 24.1 Å². The van der Waals surface area contributed by atoms with Crippen molar-refractivity contribution in [1.82, 2.24) is 15.1 Å². The van der Waals surface area contributed by atoms with Crippen molar-refractivity contribution in [3.63, 3.8) is 0 Å². The third-order valence-corrected chi connectivity index (χ3v) is 5.33. The van der Waals surface area contributed by atoms with Crippen LogP contribution in [0.5, 0.6) is 0 Å². The van der Waals surface area contributed by atoms with Gasteiger partial charge < -0.3 is 10.6 Å². The zero-order valence-corrected chi connectivity index (χ0v) is 18.3. The second kappa shape index (κ2) is 9.06. The van der Waals surface area contributed by atoms with Gasteiger partial charge in [0.15, 0.2) is 10.9 Å². The molecular formula is C19H17BrCl2N4S. The van der Waals surface area contributed by atoms with Gasteiger partial charge in [-0.2, -0.15) is 5.10 Å². The summed E-state index contributed by atoms with van der Waals surface area (Å²) in [5.74, 6) is 0.637. The third-order valence-electron chi connectivity index (χ3n) is 3.94. The monoisotopic (exact) mass is 482 g/mol. The Morgan fingerprint density at radius 1 is 1.22 bits per heavy atom. The first-order chi connectivity index (χ1) is 12.9. The number of benzene rings is 2. The smallest absolute Gasteiger partial charge is 0.172 e. The van der Waals surface area contributed by atoms with Gasteiger partial charge in [0.2, 0.25) is 0 Å². The average molecular weight is 484 g/mol. The van der Waals surface area contributed by atoms with Crippen LogP contribution in [0.4, 0.5) is 5.82 Å². The maximum Gasteiger partial charge on any atom is 0.172 e. The quantitative estimate of drug-likeness (QED) is 0.433. The molecule has 0 aliphatic carbocycles. The fourth-order valence-corrected chi connectivity index (χ4v) is 3.71. The zero-order valence-electron chi connectivity index (χ0n) is 14.4. The largest absolute Gasteiger partial charge is 0.356 e. The van der Waals surface area contributed by atoms with E-state index in [9.17, 15) is 0 Å². The van der Waals surface area contributed by atoms with Crippen molar-refractivity contribution in [2.45, 2.75) is 19.5 Å². The predicted molar refractivity (Wildman–Crippen MR) is 120 cm³/mol. The molecule has 0 bridgehead atoms. The van der Waals surface area contributed by atoms with E-state index < -0.39 is 0 Å². The first-order valence-electron chi connectivity index (χ1n) is 8.21. The molecule has 1 atom stereocenters. The molecule has 0 spiro atoms. The molecule has 4 nitrogen and oxygen atoms in total. The lowest BCUT2D eigenvalue weighted by molar-refractivity contribution is 0.688. The molecule has 2 N–H and O–H groups in total. The Morgan fingerprint density at radius 2 is 1.96 bits per heavy atom. The van der Waals surface area contributed by atoms with E-state index in [-0.39, 0.29) is 6.04 Å². The van der Waals surface area contributed by atoms with E-state index in [0.717, 1.165) is 15.6 Å². The normalized spacial score (nSPS) is 11.9. The molecule has 8 heteroatoms. The van der Waals surface area contributed by atoms with Crippen molar-refractivity contribution in [3.05, 3.63) is 80.4 Å². The fraction of sp³-hybridized carbons (Fsp3) is 0.158. The molecule has 1 unspecified atom stereocenters. The van der Waals surface area contributed by atoms with Gasteiger partial charge in [0.25, 0.3) is 0 Å². The van der Waals surface area contributed by atoms with Crippen molar-refractivity contribution in [1.29, 1.82) is 0 Å². The Bertz CT molecular complexity index is 946. The summed E-state index contributed by atoms with van der Waals surface area (Å²) in [6.45, 7) is 2.58. The van der Waals surface area contributed by atoms with Crippen molar-refractivity contribution < 1.29 is 0 Å². The lowest BCUT2D eigenvalue weighted by Crippen LogP contribution is -2.31. The summed E-state index contributed by atoms with van der Waals surface area (Å²) in [7, 11) is 0. The second-order valence-corrected chi connectivity index (χ2v) is 8.10. The van der Waals surface area contributed by atoms with E-state index in [2.05, 4.69) is 50.7 Å². The molecule has 27 heavy (non-hydrogen) atoms. The zero-order chi connectivity index (χ0) is 19.4. The maximum atomic E-state index is 6.24. The summed E-state index contributed by atoms with van der Waals surface area (Å²) in [4.78, 5) is 0. The minimum absolute atomic E-state index is 0.0833. The topological polar surface area (TPSA) is 41.9 Å². The number of nitrogens with zero attached hydrogens (tertiary/aromatic N) is 2. The van der Waals surface area contributed by atoms with Crippen molar-refractivity contribution >= 4 is 62.3 Å². The van der Waals surface area contributed by atoms with Gasteiger partial charge in [-0.15, -0.1) is 0 Å². The van der Waals surface area contributed by atoms with Crippen LogP contribution in [0, 0.1) is 0 Å². The summed E-state index contributed by atoms with van der Waals surface area (Å²) in [5, 5.41) is 12.6. The highest BCUT2D eigenvalue weighted by atomic mass is 79.9. The maximum absolute atomic E-state index is 6.24. The molecule has 140 valence electrons. The predicted octanol–water partition coefficient (Wildman–Crippen LogP) is 6.05. The van der Waals surface area contributed by atoms with Gasteiger partial charge >= 0.3 is 0 Å². The lowest BCUT2D eigenvalue weighted by atomic mass is 10.1. The summed E-state index contributed by atoms with van der Waals surface area (Å²) in [6, 6.07) is 15.6. The molecule has 0 aliphatic rings. The Labute approximate surface area is 182 Å². The number of nitrogens with one attached hydrogen (secondary N) is 2. The number of anilines is 1. The van der Waals surface area contributed by atoms with Crippen molar-refractivity contribution in [2.24, 2.45) is 0 Å². The highest BCUT2D eigenvalue weighted by Crippen LogP contribution is 2.24. The number of halogens is 3. The van der Waals surface area contributed by atoms with Crippen molar-refractivity contribution in [2.75, 3.05) is 5.32 Å². The molecule has 3 aromatic rings. The van der Waals surface area contributed by atoms with Crippen molar-refractivity contribution in [3.8, 4) is 0 Å². The second-order valence-electron chi connectivity index (χ2n) is 5.99. The summed E-state index contributed by atoms with van der Waals surface area (Å²) >= 11 is 21.1. The summed E-state index contributed by atoms with van der Waals surface area (Å²) < 4.78 is 2.59. The van der Waals surface area contributed by atoms with Gasteiger partial charge in [-0.25, -0.2) is 0 Å². The Kier molecular flexibility index (Phi) is 6.76. The number of hydrogen-bond donors (Lipinski definition) is 2. The molecule has 3 rings (SSSR count). The molecule has 2 aromatic carbocycles. The number of hydrogen-bond acceptors (Lipinski definition) is 2. The Morgan fingerprint density at radius 3 is 2.67 bits per heavy atom. The van der Waals surface area contributed by atoms with Crippen LogP contribution in [0.25, 0.3) is 0 Å². The molecule has 0 radical (unpaired) electrons. The van der Waals surface area contributed by atoms with E-state index in [1.165, 1.54) is 0 Å². The standard InChI is InChI=1S/C19H17BrCl2N4S/c1-12(13-5-3-2-4-6-13)23-19(27)24-18-16(20)11-26(25-18)10-14-7-8-15(21)9-17(14)22/h2-9,11-12H,10H2,1H3,(H2,23,24,25,27). The van der Waals surface area contributed by atoms with Gasteiger partial charge in [-0.05, 0) is 58.3 Å². The molecule has 1 aromatic heterocycles. The van der Waals surface area contributed by atoms with Crippen LogP contribution in [-0.2, 0) is 6.54 Å². The first kappa shape index (κ1) is 20.1. The summed E-state index contributed by atoms with van der Waals surface area (Å²) in [6.07, 6.45) is 1.87. The van der Waals surface area contributed by atoms with Gasteiger partial charge in [0, 0.05) is 16.2 Å². The highest BCUT2D eigenvalue weighted by molar-refractivity contribution is 9.10. The fourth-order valence-electron chi connectivity index (χ4n) is 2.55. The Hall–Kier alpha value is -1.60. The molecular weight excluding hydrogens is 467 g/mol. The minimum atomic E-state index is 0.0833. The SMILES string of the molecule is CC(NC(=S)Nc1nn(Cc2ccc(Cl)cc2Cl)cc1Br)c1ccccc1. The molecule has 0 saturated carbocycles. The van der Waals surface area contributed by atoms with Gasteiger partial charge in [-0.1, -0.05) is 59.6 Å². The van der Waals surface area contributed by atoms with Crippen LogP contribution < -0.4 is 10.6 Å². The average Bonchev–Trinajstić information content (AvgIpc) is 2.97. The molecule has 0 aliphatic heterocycles.